The first kappa shape index (κ1) is 23.9. The predicted octanol–water partition coefficient (Wildman–Crippen LogP) is 9.09. The zero-order chi connectivity index (χ0) is 25.5. The summed E-state index contributed by atoms with van der Waals surface area (Å²) in [4.78, 5) is 10.9. The van der Waals surface area contributed by atoms with Gasteiger partial charge in [-0.15, -0.1) is 0 Å². The first-order valence-corrected chi connectivity index (χ1v) is 12.5. The lowest BCUT2D eigenvalue weighted by atomic mass is 9.63. The minimum atomic E-state index is -1.31. The van der Waals surface area contributed by atoms with Gasteiger partial charge in [0, 0.05) is 0 Å². The molecule has 4 aromatic carbocycles. The molecule has 0 unspecified atom stereocenters. The summed E-state index contributed by atoms with van der Waals surface area (Å²) in [5.41, 5.74) is 9.98. The molecule has 0 saturated carbocycles. The van der Waals surface area contributed by atoms with E-state index in [9.17, 15) is 4.79 Å². The highest BCUT2D eigenvalue weighted by atomic mass is 16.7. The highest BCUT2D eigenvalue weighted by Crippen LogP contribution is 2.47. The third-order valence-electron chi connectivity index (χ3n) is 7.66. The molecule has 0 fully saturated rings. The van der Waals surface area contributed by atoms with Crippen molar-refractivity contribution in [2.24, 2.45) is 0 Å². The Bertz CT molecular complexity index is 1410. The Labute approximate surface area is 213 Å². The van der Waals surface area contributed by atoms with Crippen LogP contribution in [0.2, 0.25) is 0 Å². The Kier molecular flexibility index (Phi) is 5.96. The van der Waals surface area contributed by atoms with E-state index in [0.29, 0.717) is 5.75 Å². The number of ether oxygens (including phenoxy) is 1. The highest BCUT2D eigenvalue weighted by Gasteiger charge is 2.37. The number of hydrogen-bond donors (Lipinski definition) is 1. The van der Waals surface area contributed by atoms with E-state index in [0.717, 1.165) is 27.8 Å². The van der Waals surface area contributed by atoms with Crippen LogP contribution < -0.4 is 4.74 Å². The highest BCUT2D eigenvalue weighted by molar-refractivity contribution is 5.87. The lowest BCUT2D eigenvalue weighted by molar-refractivity contribution is 0.144. The molecule has 0 aliphatic heterocycles. The zero-order valence-corrected chi connectivity index (χ0v) is 21.3. The lowest BCUT2D eigenvalue weighted by Crippen LogP contribution is -2.33. The summed E-state index contributed by atoms with van der Waals surface area (Å²) in [5, 5.41) is 8.94. The summed E-state index contributed by atoms with van der Waals surface area (Å²) >= 11 is 0. The molecule has 3 heteroatoms. The van der Waals surface area contributed by atoms with Gasteiger partial charge in [0.05, 0.1) is 0 Å². The number of carbonyl (C=O) groups is 1. The summed E-state index contributed by atoms with van der Waals surface area (Å²) in [6.07, 6.45) is 1.07. The molecule has 0 heterocycles. The molecular formula is C33H32O3. The maximum absolute atomic E-state index is 10.9. The molecule has 182 valence electrons. The zero-order valence-electron chi connectivity index (χ0n) is 21.3. The molecule has 0 radical (unpaired) electrons. The Morgan fingerprint density at radius 2 is 1.19 bits per heavy atom. The molecule has 0 spiro atoms. The Morgan fingerprint density at radius 1 is 0.639 bits per heavy atom. The topological polar surface area (TPSA) is 46.5 Å². The summed E-state index contributed by atoms with van der Waals surface area (Å²) in [7, 11) is 0. The van der Waals surface area contributed by atoms with Gasteiger partial charge in [-0.3, -0.25) is 0 Å². The maximum Gasteiger partial charge on any atom is 0.511 e. The molecule has 0 amide bonds. The van der Waals surface area contributed by atoms with Gasteiger partial charge in [-0.1, -0.05) is 100 Å². The maximum atomic E-state index is 10.9. The van der Waals surface area contributed by atoms with Gasteiger partial charge in [-0.05, 0) is 86.4 Å². The van der Waals surface area contributed by atoms with E-state index >= 15 is 0 Å². The molecule has 1 aliphatic carbocycles. The van der Waals surface area contributed by atoms with Gasteiger partial charge in [0.2, 0.25) is 0 Å². The normalized spacial score (nSPS) is 15.7. The van der Waals surface area contributed by atoms with E-state index in [1.807, 2.05) is 30.3 Å². The van der Waals surface area contributed by atoms with Crippen LogP contribution in [0.4, 0.5) is 4.79 Å². The molecule has 0 saturated heterocycles. The van der Waals surface area contributed by atoms with Gasteiger partial charge in [0.25, 0.3) is 0 Å². The molecule has 0 bridgehead atoms. The quantitative estimate of drug-likeness (QED) is 0.236. The number of hydrogen-bond acceptors (Lipinski definition) is 2. The van der Waals surface area contributed by atoms with Gasteiger partial charge in [0.1, 0.15) is 5.75 Å². The minimum absolute atomic E-state index is 0.146. The van der Waals surface area contributed by atoms with Gasteiger partial charge in [-0.2, -0.15) is 0 Å². The molecule has 0 aromatic heterocycles. The third kappa shape index (κ3) is 4.54. The van der Waals surface area contributed by atoms with Crippen molar-refractivity contribution in [3.8, 4) is 39.1 Å². The van der Waals surface area contributed by atoms with E-state index in [1.165, 1.54) is 29.5 Å². The minimum Gasteiger partial charge on any atom is -0.449 e. The summed E-state index contributed by atoms with van der Waals surface area (Å²) in [6.45, 7) is 9.42. The SMILES string of the molecule is CC1(C)CCC(C)(C)c2cc(-c3ccc(-c4ccccc4)c(-c4ccc(OC(=O)O)cc4)c3)ccc21. The molecule has 36 heavy (non-hydrogen) atoms. The summed E-state index contributed by atoms with van der Waals surface area (Å²) < 4.78 is 4.82. The number of fused-ring (bicyclic) bond motifs is 1. The number of rotatable bonds is 4. The summed E-state index contributed by atoms with van der Waals surface area (Å²) in [5.74, 6) is 0.309. The van der Waals surface area contributed by atoms with Gasteiger partial charge >= 0.3 is 6.16 Å². The molecular weight excluding hydrogens is 444 g/mol. The van der Waals surface area contributed by atoms with Crippen molar-refractivity contribution in [3.63, 3.8) is 0 Å². The smallest absolute Gasteiger partial charge is 0.449 e. The lowest BCUT2D eigenvalue weighted by Gasteiger charge is -2.42. The molecule has 1 N–H and O–H groups in total. The number of benzene rings is 4. The predicted molar refractivity (Wildman–Crippen MR) is 147 cm³/mol. The molecule has 0 atom stereocenters. The van der Waals surface area contributed by atoms with Crippen molar-refractivity contribution >= 4 is 6.16 Å². The van der Waals surface area contributed by atoms with Crippen molar-refractivity contribution in [2.45, 2.75) is 51.4 Å². The second kappa shape index (κ2) is 8.98. The molecule has 5 rings (SSSR count). The van der Waals surface area contributed by atoms with Crippen molar-refractivity contribution in [2.75, 3.05) is 0 Å². The fourth-order valence-electron chi connectivity index (χ4n) is 5.40. The summed E-state index contributed by atoms with van der Waals surface area (Å²) in [6, 6.07) is 31.2. The van der Waals surface area contributed by atoms with E-state index in [2.05, 4.69) is 76.2 Å². The van der Waals surface area contributed by atoms with Gasteiger partial charge < -0.3 is 9.84 Å². The van der Waals surface area contributed by atoms with E-state index in [-0.39, 0.29) is 10.8 Å². The van der Waals surface area contributed by atoms with Crippen LogP contribution in [-0.2, 0) is 10.8 Å². The Morgan fingerprint density at radius 3 is 1.86 bits per heavy atom. The van der Waals surface area contributed by atoms with E-state index < -0.39 is 6.16 Å². The number of carboxylic acid groups (broad SMARTS) is 1. The van der Waals surface area contributed by atoms with Gasteiger partial charge in [0.15, 0.2) is 0 Å². The fourth-order valence-corrected chi connectivity index (χ4v) is 5.40. The van der Waals surface area contributed by atoms with Crippen LogP contribution in [0.1, 0.15) is 51.7 Å². The average molecular weight is 477 g/mol. The van der Waals surface area contributed by atoms with Crippen LogP contribution in [0.5, 0.6) is 5.75 Å². The first-order valence-electron chi connectivity index (χ1n) is 12.5. The van der Waals surface area contributed by atoms with Gasteiger partial charge in [-0.25, -0.2) is 4.79 Å². The van der Waals surface area contributed by atoms with Crippen LogP contribution >= 0.6 is 0 Å². The van der Waals surface area contributed by atoms with Crippen LogP contribution in [0.25, 0.3) is 33.4 Å². The third-order valence-corrected chi connectivity index (χ3v) is 7.66. The second-order valence-corrected chi connectivity index (χ2v) is 11.0. The van der Waals surface area contributed by atoms with E-state index in [4.69, 9.17) is 9.84 Å². The largest absolute Gasteiger partial charge is 0.511 e. The van der Waals surface area contributed by atoms with Crippen LogP contribution in [-0.4, -0.2) is 11.3 Å². The second-order valence-electron chi connectivity index (χ2n) is 11.0. The Hall–Kier alpha value is -3.85. The first-order chi connectivity index (χ1) is 17.1. The average Bonchev–Trinajstić information content (AvgIpc) is 2.87. The van der Waals surface area contributed by atoms with Crippen molar-refractivity contribution in [1.82, 2.24) is 0 Å². The molecule has 1 aliphatic rings. The van der Waals surface area contributed by atoms with Crippen molar-refractivity contribution in [1.29, 1.82) is 0 Å². The monoisotopic (exact) mass is 476 g/mol. The van der Waals surface area contributed by atoms with Crippen molar-refractivity contribution < 1.29 is 14.6 Å². The Balaban J connectivity index is 1.64. The molecule has 3 nitrogen and oxygen atoms in total. The van der Waals surface area contributed by atoms with E-state index in [1.54, 1.807) is 12.1 Å². The fraction of sp³-hybridized carbons (Fsp3) is 0.242. The molecule has 4 aromatic rings. The van der Waals surface area contributed by atoms with Crippen LogP contribution in [0, 0.1) is 0 Å². The van der Waals surface area contributed by atoms with Crippen LogP contribution in [0.15, 0.2) is 91.0 Å². The standard InChI is InChI=1S/C33H32O3/c1-32(2)18-19-33(3,4)30-21-25(13-17-29(30)32)24-12-16-27(22-8-6-5-7-9-22)28(20-24)23-10-14-26(15-11-23)36-31(34)35/h5-17,20-21H,18-19H2,1-4H3,(H,34,35). The van der Waals surface area contributed by atoms with Crippen LogP contribution in [0.3, 0.4) is 0 Å². The van der Waals surface area contributed by atoms with Crippen molar-refractivity contribution in [3.05, 3.63) is 102 Å².